The lowest BCUT2D eigenvalue weighted by Gasteiger charge is -2.33. The Morgan fingerprint density at radius 1 is 1.32 bits per heavy atom. The zero-order chi connectivity index (χ0) is 20.1. The molecule has 2 heterocycles. The summed E-state index contributed by atoms with van der Waals surface area (Å²) in [5.41, 5.74) is 2.91. The summed E-state index contributed by atoms with van der Waals surface area (Å²) in [7, 11) is 1.47. The van der Waals surface area contributed by atoms with Crippen molar-refractivity contribution < 1.29 is 9.53 Å². The zero-order valence-corrected chi connectivity index (χ0v) is 17.6. The van der Waals surface area contributed by atoms with Gasteiger partial charge >= 0.3 is 5.97 Å². The number of rotatable bonds is 5. The first-order valence-corrected chi connectivity index (χ1v) is 10.4. The number of esters is 1. The maximum Gasteiger partial charge on any atom is 0.310 e. The van der Waals surface area contributed by atoms with E-state index in [1.54, 1.807) is 0 Å². The quantitative estimate of drug-likeness (QED) is 0.477. The summed E-state index contributed by atoms with van der Waals surface area (Å²) < 4.78 is 4.97. The van der Waals surface area contributed by atoms with E-state index in [0.717, 1.165) is 45.1 Å². The van der Waals surface area contributed by atoms with Crippen LogP contribution in [0, 0.1) is 11.8 Å². The van der Waals surface area contributed by atoms with Crippen LogP contribution in [0.15, 0.2) is 29.3 Å². The van der Waals surface area contributed by atoms with Crippen molar-refractivity contribution in [1.29, 1.82) is 0 Å². The number of hydrogen-bond acceptors (Lipinski definition) is 4. The monoisotopic (exact) mass is 386 g/mol. The average Bonchev–Trinajstić information content (AvgIpc) is 3.11. The van der Waals surface area contributed by atoms with Crippen LogP contribution >= 0.6 is 0 Å². The summed E-state index contributed by atoms with van der Waals surface area (Å²) in [6.45, 7) is 11.6. The second kappa shape index (κ2) is 9.41. The summed E-state index contributed by atoms with van der Waals surface area (Å²) in [5.74, 6) is 0.980. The molecule has 0 radical (unpaired) electrons. The maximum absolute atomic E-state index is 12.0. The van der Waals surface area contributed by atoms with Crippen molar-refractivity contribution in [2.45, 2.75) is 39.8 Å². The highest BCUT2D eigenvalue weighted by atomic mass is 16.5. The van der Waals surface area contributed by atoms with Crippen LogP contribution in [0.25, 0.3) is 0 Å². The standard InChI is InChI=1S/C22H34N4O2/c1-5-23-22(26-13-16(2)20(15-26)21(27)28-4)24-12-17(3)25-11-10-18-8-6-7-9-19(18)14-25/h6-9,16-17,20H,5,10-15H2,1-4H3,(H,23,24). The van der Waals surface area contributed by atoms with Gasteiger partial charge in [0.25, 0.3) is 0 Å². The molecule has 6 heteroatoms. The number of hydrogen-bond donors (Lipinski definition) is 1. The van der Waals surface area contributed by atoms with Gasteiger partial charge in [-0.3, -0.25) is 14.7 Å². The second-order valence-electron chi connectivity index (χ2n) is 8.04. The molecule has 1 saturated heterocycles. The number of carbonyl (C=O) groups excluding carboxylic acids is 1. The van der Waals surface area contributed by atoms with E-state index in [9.17, 15) is 4.79 Å². The van der Waals surface area contributed by atoms with Gasteiger partial charge in [0.05, 0.1) is 19.6 Å². The fourth-order valence-corrected chi connectivity index (χ4v) is 4.25. The molecule has 0 amide bonds. The van der Waals surface area contributed by atoms with Crippen LogP contribution in [0.1, 0.15) is 31.9 Å². The van der Waals surface area contributed by atoms with Crippen LogP contribution in [-0.2, 0) is 22.5 Å². The molecule has 28 heavy (non-hydrogen) atoms. The number of nitrogens with one attached hydrogen (secondary N) is 1. The van der Waals surface area contributed by atoms with E-state index in [1.807, 2.05) is 0 Å². The van der Waals surface area contributed by atoms with Crippen molar-refractivity contribution in [1.82, 2.24) is 15.1 Å². The number of likely N-dealkylation sites (tertiary alicyclic amines) is 1. The van der Waals surface area contributed by atoms with E-state index in [-0.39, 0.29) is 17.8 Å². The van der Waals surface area contributed by atoms with Crippen LogP contribution in [0.5, 0.6) is 0 Å². The molecule has 0 aromatic heterocycles. The fraction of sp³-hybridized carbons (Fsp3) is 0.636. The molecule has 0 bridgehead atoms. The predicted octanol–water partition coefficient (Wildman–Crippen LogP) is 2.14. The topological polar surface area (TPSA) is 57.2 Å². The number of fused-ring (bicyclic) bond motifs is 1. The highest BCUT2D eigenvalue weighted by Gasteiger charge is 2.37. The third kappa shape index (κ3) is 4.66. The molecule has 3 unspecified atom stereocenters. The molecule has 1 aromatic carbocycles. The minimum Gasteiger partial charge on any atom is -0.469 e. The van der Waals surface area contributed by atoms with E-state index in [0.29, 0.717) is 12.6 Å². The molecule has 2 aliphatic rings. The Kier molecular flexibility index (Phi) is 6.94. The summed E-state index contributed by atoms with van der Waals surface area (Å²) >= 11 is 0. The third-order valence-corrected chi connectivity index (χ3v) is 6.04. The van der Waals surface area contributed by atoms with Crippen molar-refractivity contribution in [2.75, 3.05) is 39.8 Å². The first-order chi connectivity index (χ1) is 13.5. The summed E-state index contributed by atoms with van der Waals surface area (Å²) in [6, 6.07) is 9.11. The van der Waals surface area contributed by atoms with Gasteiger partial charge in [-0.2, -0.15) is 0 Å². The molecular weight excluding hydrogens is 352 g/mol. The number of benzene rings is 1. The molecule has 0 aliphatic carbocycles. The van der Waals surface area contributed by atoms with Crippen molar-refractivity contribution in [3.8, 4) is 0 Å². The van der Waals surface area contributed by atoms with Crippen LogP contribution in [0.4, 0.5) is 0 Å². The van der Waals surface area contributed by atoms with Gasteiger partial charge in [-0.05, 0) is 37.3 Å². The van der Waals surface area contributed by atoms with Crippen molar-refractivity contribution in [3.63, 3.8) is 0 Å². The van der Waals surface area contributed by atoms with Gasteiger partial charge in [0.2, 0.25) is 0 Å². The molecular formula is C22H34N4O2. The van der Waals surface area contributed by atoms with Crippen LogP contribution in [0.3, 0.4) is 0 Å². The lowest BCUT2D eigenvalue weighted by atomic mass is 9.99. The molecule has 1 N–H and O–H groups in total. The lowest BCUT2D eigenvalue weighted by Crippen LogP contribution is -2.43. The van der Waals surface area contributed by atoms with Crippen molar-refractivity contribution in [2.24, 2.45) is 16.8 Å². The Hall–Kier alpha value is -2.08. The number of carbonyl (C=O) groups is 1. The van der Waals surface area contributed by atoms with Gasteiger partial charge in [0.15, 0.2) is 5.96 Å². The van der Waals surface area contributed by atoms with Gasteiger partial charge in [-0.25, -0.2) is 0 Å². The highest BCUT2D eigenvalue weighted by molar-refractivity contribution is 5.82. The molecule has 3 rings (SSSR count). The maximum atomic E-state index is 12.0. The minimum atomic E-state index is -0.119. The summed E-state index contributed by atoms with van der Waals surface area (Å²) in [5, 5.41) is 3.40. The number of guanidine groups is 1. The van der Waals surface area contributed by atoms with Crippen LogP contribution in [0.2, 0.25) is 0 Å². The Labute approximate surface area is 168 Å². The Morgan fingerprint density at radius 3 is 2.79 bits per heavy atom. The molecule has 6 nitrogen and oxygen atoms in total. The number of aliphatic imine (C=N–C) groups is 1. The van der Waals surface area contributed by atoms with Crippen LogP contribution < -0.4 is 5.32 Å². The lowest BCUT2D eigenvalue weighted by molar-refractivity contribution is -0.145. The van der Waals surface area contributed by atoms with Gasteiger partial charge < -0.3 is 15.0 Å². The van der Waals surface area contributed by atoms with E-state index in [2.05, 4.69) is 60.2 Å². The predicted molar refractivity (Wildman–Crippen MR) is 112 cm³/mol. The Balaban J connectivity index is 1.62. The molecule has 0 saturated carbocycles. The Bertz CT molecular complexity index is 706. The number of nitrogens with zero attached hydrogens (tertiary/aromatic N) is 3. The molecule has 3 atom stereocenters. The van der Waals surface area contributed by atoms with E-state index in [1.165, 1.54) is 18.2 Å². The molecule has 2 aliphatic heterocycles. The first-order valence-electron chi connectivity index (χ1n) is 10.4. The van der Waals surface area contributed by atoms with Gasteiger partial charge in [-0.1, -0.05) is 31.2 Å². The Morgan fingerprint density at radius 2 is 2.07 bits per heavy atom. The van der Waals surface area contributed by atoms with E-state index >= 15 is 0 Å². The van der Waals surface area contributed by atoms with E-state index < -0.39 is 0 Å². The summed E-state index contributed by atoms with van der Waals surface area (Å²) in [4.78, 5) is 21.6. The SMILES string of the molecule is CCNC(=NCC(C)N1CCc2ccccc2C1)N1CC(C)C(C(=O)OC)C1. The zero-order valence-electron chi connectivity index (χ0n) is 17.6. The highest BCUT2D eigenvalue weighted by Crippen LogP contribution is 2.24. The first kappa shape index (κ1) is 20.6. The third-order valence-electron chi connectivity index (χ3n) is 6.04. The van der Waals surface area contributed by atoms with E-state index in [4.69, 9.17) is 9.73 Å². The molecule has 154 valence electrons. The van der Waals surface area contributed by atoms with Gasteiger partial charge in [0, 0.05) is 38.8 Å². The average molecular weight is 387 g/mol. The van der Waals surface area contributed by atoms with Crippen LogP contribution in [-0.4, -0.2) is 67.6 Å². The van der Waals surface area contributed by atoms with Crippen molar-refractivity contribution >= 4 is 11.9 Å². The van der Waals surface area contributed by atoms with Gasteiger partial charge in [-0.15, -0.1) is 0 Å². The fourth-order valence-electron chi connectivity index (χ4n) is 4.25. The smallest absolute Gasteiger partial charge is 0.310 e. The normalized spacial score (nSPS) is 24.0. The second-order valence-corrected chi connectivity index (χ2v) is 8.04. The molecule has 1 fully saturated rings. The van der Waals surface area contributed by atoms with Gasteiger partial charge in [0.1, 0.15) is 0 Å². The minimum absolute atomic E-state index is 0.0788. The number of methoxy groups -OCH3 is 1. The number of ether oxygens (including phenoxy) is 1. The summed E-state index contributed by atoms with van der Waals surface area (Å²) in [6.07, 6.45) is 1.11. The molecule has 1 aromatic rings. The van der Waals surface area contributed by atoms with Crippen molar-refractivity contribution in [3.05, 3.63) is 35.4 Å². The largest absolute Gasteiger partial charge is 0.469 e. The molecule has 0 spiro atoms.